The average molecular weight is 389 g/mol. The Morgan fingerprint density at radius 2 is 1.68 bits per heavy atom. The molecule has 0 unspecified atom stereocenters. The fraction of sp³-hybridized carbons (Fsp3) is 0.0870. The summed E-state index contributed by atoms with van der Waals surface area (Å²) in [5, 5.41) is 3.41. The van der Waals surface area contributed by atoms with E-state index in [1.807, 2.05) is 54.6 Å². The van der Waals surface area contributed by atoms with Gasteiger partial charge in [0.1, 0.15) is 0 Å². The highest BCUT2D eigenvalue weighted by atomic mass is 32.2. The van der Waals surface area contributed by atoms with Crippen LogP contribution >= 0.6 is 11.8 Å². The van der Waals surface area contributed by atoms with Gasteiger partial charge in [0.2, 0.25) is 0 Å². The summed E-state index contributed by atoms with van der Waals surface area (Å²) in [4.78, 5) is 14.9. The second-order valence-electron chi connectivity index (χ2n) is 6.25. The SMILES string of the molecule is COc1ccc(/C=C/C(=O)c2ccc3c(c2)Nc2ccccc2S3)cc1OC. The van der Waals surface area contributed by atoms with Crippen LogP contribution in [0.4, 0.5) is 11.4 Å². The molecule has 0 saturated heterocycles. The van der Waals surface area contributed by atoms with Crippen LogP contribution in [0, 0.1) is 0 Å². The highest BCUT2D eigenvalue weighted by Gasteiger charge is 2.16. The van der Waals surface area contributed by atoms with Crippen LogP contribution in [0.1, 0.15) is 15.9 Å². The molecule has 1 aliphatic rings. The van der Waals surface area contributed by atoms with Crippen molar-refractivity contribution < 1.29 is 14.3 Å². The molecule has 3 aromatic rings. The van der Waals surface area contributed by atoms with Crippen molar-refractivity contribution in [2.45, 2.75) is 9.79 Å². The normalized spacial score (nSPS) is 12.1. The molecule has 0 spiro atoms. The predicted molar refractivity (Wildman–Crippen MR) is 113 cm³/mol. The van der Waals surface area contributed by atoms with Gasteiger partial charge in [-0.05, 0) is 54.1 Å². The monoisotopic (exact) mass is 389 g/mol. The smallest absolute Gasteiger partial charge is 0.185 e. The Bertz CT molecular complexity index is 1080. The van der Waals surface area contributed by atoms with Gasteiger partial charge in [0, 0.05) is 15.4 Å². The van der Waals surface area contributed by atoms with Gasteiger partial charge < -0.3 is 14.8 Å². The number of hydrogen-bond acceptors (Lipinski definition) is 5. The number of carbonyl (C=O) groups is 1. The summed E-state index contributed by atoms with van der Waals surface area (Å²) in [6.45, 7) is 0. The number of ether oxygens (including phenoxy) is 2. The molecular weight excluding hydrogens is 370 g/mol. The number of para-hydroxylation sites is 1. The van der Waals surface area contributed by atoms with E-state index in [0.717, 1.165) is 21.8 Å². The highest BCUT2D eigenvalue weighted by molar-refractivity contribution is 7.99. The third-order valence-electron chi connectivity index (χ3n) is 4.48. The Kier molecular flexibility index (Phi) is 5.08. The lowest BCUT2D eigenvalue weighted by molar-refractivity contribution is 0.104. The molecule has 5 heteroatoms. The van der Waals surface area contributed by atoms with E-state index in [0.29, 0.717) is 17.1 Å². The fourth-order valence-corrected chi connectivity index (χ4v) is 3.99. The third-order valence-corrected chi connectivity index (χ3v) is 5.63. The molecule has 0 bridgehead atoms. The van der Waals surface area contributed by atoms with Crippen LogP contribution in [0.2, 0.25) is 0 Å². The van der Waals surface area contributed by atoms with Crippen LogP contribution in [0.5, 0.6) is 11.5 Å². The largest absolute Gasteiger partial charge is 0.493 e. The number of carbonyl (C=O) groups excluding carboxylic acids is 1. The molecule has 0 atom stereocenters. The summed E-state index contributed by atoms with van der Waals surface area (Å²) in [6, 6.07) is 19.4. The molecule has 0 amide bonds. The van der Waals surface area contributed by atoms with Crippen LogP contribution < -0.4 is 14.8 Å². The van der Waals surface area contributed by atoms with Crippen LogP contribution in [-0.2, 0) is 0 Å². The number of allylic oxidation sites excluding steroid dienone is 1. The highest BCUT2D eigenvalue weighted by Crippen LogP contribution is 2.44. The minimum absolute atomic E-state index is 0.0526. The lowest BCUT2D eigenvalue weighted by Crippen LogP contribution is -2.02. The molecular formula is C23H19NO3S. The summed E-state index contributed by atoms with van der Waals surface area (Å²) in [5.74, 6) is 1.23. The Morgan fingerprint density at radius 3 is 2.50 bits per heavy atom. The molecule has 4 nitrogen and oxygen atoms in total. The van der Waals surface area contributed by atoms with Gasteiger partial charge in [0.05, 0.1) is 25.6 Å². The van der Waals surface area contributed by atoms with Crippen LogP contribution in [0.3, 0.4) is 0 Å². The van der Waals surface area contributed by atoms with Crippen molar-refractivity contribution >= 4 is 35.0 Å². The maximum absolute atomic E-state index is 12.6. The topological polar surface area (TPSA) is 47.6 Å². The van der Waals surface area contributed by atoms with E-state index < -0.39 is 0 Å². The van der Waals surface area contributed by atoms with E-state index in [2.05, 4.69) is 11.4 Å². The van der Waals surface area contributed by atoms with Gasteiger partial charge in [-0.3, -0.25) is 4.79 Å². The first-order valence-corrected chi connectivity index (χ1v) is 9.62. The van der Waals surface area contributed by atoms with Crippen molar-refractivity contribution in [3.63, 3.8) is 0 Å². The standard InChI is InChI=1S/C23H19NO3S/c1-26-20-11-8-15(13-21(20)27-2)7-10-19(25)16-9-12-23-18(14-16)24-17-5-3-4-6-22(17)28-23/h3-14,24H,1-2H3/b10-7+. The van der Waals surface area contributed by atoms with Crippen LogP contribution in [0.15, 0.2) is 76.5 Å². The Morgan fingerprint density at radius 1 is 0.893 bits per heavy atom. The van der Waals surface area contributed by atoms with Gasteiger partial charge in [-0.1, -0.05) is 36.0 Å². The van der Waals surface area contributed by atoms with E-state index in [9.17, 15) is 4.79 Å². The first-order valence-electron chi connectivity index (χ1n) is 8.80. The summed E-state index contributed by atoms with van der Waals surface area (Å²) < 4.78 is 10.5. The van der Waals surface area contributed by atoms with Gasteiger partial charge >= 0.3 is 0 Å². The molecule has 0 saturated carbocycles. The van der Waals surface area contributed by atoms with Crippen molar-refractivity contribution in [3.05, 3.63) is 77.9 Å². The van der Waals surface area contributed by atoms with E-state index >= 15 is 0 Å². The second kappa shape index (κ2) is 7.82. The number of methoxy groups -OCH3 is 2. The van der Waals surface area contributed by atoms with Crippen molar-refractivity contribution in [1.29, 1.82) is 0 Å². The van der Waals surface area contributed by atoms with Crippen LogP contribution in [0.25, 0.3) is 6.08 Å². The summed E-state index contributed by atoms with van der Waals surface area (Å²) in [6.07, 6.45) is 3.36. The molecule has 1 heterocycles. The minimum atomic E-state index is -0.0526. The number of benzene rings is 3. The third kappa shape index (κ3) is 3.62. The number of hydrogen-bond donors (Lipinski definition) is 1. The molecule has 28 heavy (non-hydrogen) atoms. The lowest BCUT2D eigenvalue weighted by atomic mass is 10.1. The molecule has 0 fully saturated rings. The van der Waals surface area contributed by atoms with Crippen molar-refractivity contribution in [3.8, 4) is 11.5 Å². The van der Waals surface area contributed by atoms with Gasteiger partial charge in [0.25, 0.3) is 0 Å². The molecule has 3 aromatic carbocycles. The zero-order chi connectivity index (χ0) is 19.5. The number of ketones is 1. The van der Waals surface area contributed by atoms with E-state index in [-0.39, 0.29) is 5.78 Å². The quantitative estimate of drug-likeness (QED) is 0.345. The first kappa shape index (κ1) is 18.2. The molecule has 0 aliphatic carbocycles. The Labute approximate surface area is 168 Å². The van der Waals surface area contributed by atoms with Crippen molar-refractivity contribution in [1.82, 2.24) is 0 Å². The maximum atomic E-state index is 12.6. The molecule has 0 aromatic heterocycles. The van der Waals surface area contributed by atoms with E-state index in [1.54, 1.807) is 38.1 Å². The minimum Gasteiger partial charge on any atom is -0.493 e. The number of fused-ring (bicyclic) bond motifs is 2. The Balaban J connectivity index is 1.54. The van der Waals surface area contributed by atoms with Gasteiger partial charge in [0.15, 0.2) is 17.3 Å². The molecule has 1 N–H and O–H groups in total. The number of anilines is 2. The summed E-state index contributed by atoms with van der Waals surface area (Å²) in [7, 11) is 3.18. The fourth-order valence-electron chi connectivity index (χ4n) is 3.02. The molecule has 4 rings (SSSR count). The average Bonchev–Trinajstić information content (AvgIpc) is 2.75. The van der Waals surface area contributed by atoms with Crippen molar-refractivity contribution in [2.75, 3.05) is 19.5 Å². The Hall–Kier alpha value is -3.18. The van der Waals surface area contributed by atoms with Crippen LogP contribution in [-0.4, -0.2) is 20.0 Å². The second-order valence-corrected chi connectivity index (χ2v) is 7.33. The number of nitrogens with one attached hydrogen (secondary N) is 1. The first-order chi connectivity index (χ1) is 13.7. The summed E-state index contributed by atoms with van der Waals surface area (Å²) >= 11 is 1.70. The van der Waals surface area contributed by atoms with Gasteiger partial charge in [-0.15, -0.1) is 0 Å². The summed E-state index contributed by atoms with van der Waals surface area (Å²) in [5.41, 5.74) is 3.52. The maximum Gasteiger partial charge on any atom is 0.185 e. The number of rotatable bonds is 5. The van der Waals surface area contributed by atoms with E-state index in [1.165, 1.54) is 4.90 Å². The van der Waals surface area contributed by atoms with Gasteiger partial charge in [-0.25, -0.2) is 0 Å². The van der Waals surface area contributed by atoms with Crippen molar-refractivity contribution in [2.24, 2.45) is 0 Å². The molecule has 140 valence electrons. The van der Waals surface area contributed by atoms with Gasteiger partial charge in [-0.2, -0.15) is 0 Å². The van der Waals surface area contributed by atoms with E-state index in [4.69, 9.17) is 9.47 Å². The zero-order valence-corrected chi connectivity index (χ0v) is 16.4. The zero-order valence-electron chi connectivity index (χ0n) is 15.6. The predicted octanol–water partition coefficient (Wildman–Crippen LogP) is 5.81. The molecule has 1 aliphatic heterocycles. The lowest BCUT2D eigenvalue weighted by Gasteiger charge is -2.20. The molecule has 0 radical (unpaired) electrons.